The van der Waals surface area contributed by atoms with E-state index in [1.807, 2.05) is 25.7 Å². The molecule has 0 aliphatic rings. The number of halogens is 4. The molecule has 0 fully saturated rings. The number of hydrogen-bond acceptors (Lipinski definition) is 2. The van der Waals surface area contributed by atoms with Gasteiger partial charge in [-0.3, -0.25) is 0 Å². The summed E-state index contributed by atoms with van der Waals surface area (Å²) < 4.78 is 38.4. The molecule has 1 rings (SSSR count). The molecule has 0 saturated heterocycles. The molecule has 0 aromatic heterocycles. The summed E-state index contributed by atoms with van der Waals surface area (Å²) in [7, 11) is 0. The van der Waals surface area contributed by atoms with Crippen LogP contribution >= 0.6 is 15.9 Å². The average molecular weight is 353 g/mol. The maximum atomic E-state index is 12.7. The predicted molar refractivity (Wildman–Crippen MR) is 79.9 cm³/mol. The number of alkyl halides is 3. The molecule has 0 heterocycles. The normalized spacial score (nSPS) is 12.6. The Morgan fingerprint density at radius 2 is 1.85 bits per heavy atom. The van der Waals surface area contributed by atoms with Gasteiger partial charge in [0.05, 0.1) is 11.3 Å². The summed E-state index contributed by atoms with van der Waals surface area (Å²) in [5, 5.41) is 0. The number of anilines is 1. The second-order valence-electron chi connectivity index (χ2n) is 5.55. The fraction of sp³-hybridized carbons (Fsp3) is 0.571. The van der Waals surface area contributed by atoms with E-state index in [9.17, 15) is 13.2 Å². The lowest BCUT2D eigenvalue weighted by Crippen LogP contribution is -2.39. The van der Waals surface area contributed by atoms with Crippen LogP contribution < -0.4 is 10.6 Å². The van der Waals surface area contributed by atoms with Gasteiger partial charge in [0, 0.05) is 17.6 Å². The Hall–Kier alpha value is -0.750. The van der Waals surface area contributed by atoms with Crippen LogP contribution in [-0.2, 0) is 6.18 Å². The SMILES string of the molecule is CCN(CC(C)(C)CN)c1ccc(C(F)(F)F)cc1Br. The van der Waals surface area contributed by atoms with Crippen molar-refractivity contribution < 1.29 is 13.2 Å². The Labute approximate surface area is 126 Å². The summed E-state index contributed by atoms with van der Waals surface area (Å²) in [6.45, 7) is 7.94. The van der Waals surface area contributed by atoms with Gasteiger partial charge in [0.1, 0.15) is 0 Å². The Morgan fingerprint density at radius 1 is 1.25 bits per heavy atom. The molecule has 0 aliphatic heterocycles. The quantitative estimate of drug-likeness (QED) is 0.856. The fourth-order valence-electron chi connectivity index (χ4n) is 1.89. The van der Waals surface area contributed by atoms with Crippen molar-refractivity contribution in [1.82, 2.24) is 0 Å². The third-order valence-electron chi connectivity index (χ3n) is 3.17. The van der Waals surface area contributed by atoms with Gasteiger partial charge in [-0.05, 0) is 53.0 Å². The minimum absolute atomic E-state index is 0.0991. The van der Waals surface area contributed by atoms with Gasteiger partial charge < -0.3 is 10.6 Å². The number of rotatable bonds is 5. The summed E-state index contributed by atoms with van der Waals surface area (Å²) in [5.74, 6) is 0. The molecule has 0 spiro atoms. The van der Waals surface area contributed by atoms with Gasteiger partial charge in [0.15, 0.2) is 0 Å². The minimum Gasteiger partial charge on any atom is -0.370 e. The van der Waals surface area contributed by atoms with Crippen LogP contribution in [0.1, 0.15) is 26.3 Å². The van der Waals surface area contributed by atoms with Crippen LogP contribution in [0.25, 0.3) is 0 Å². The largest absolute Gasteiger partial charge is 0.416 e. The Kier molecular flexibility index (Phi) is 5.49. The van der Waals surface area contributed by atoms with Crippen molar-refractivity contribution >= 4 is 21.6 Å². The van der Waals surface area contributed by atoms with Crippen LogP contribution in [-0.4, -0.2) is 19.6 Å². The fourth-order valence-corrected chi connectivity index (χ4v) is 2.52. The van der Waals surface area contributed by atoms with Crippen molar-refractivity contribution in [3.8, 4) is 0 Å². The molecule has 1 aromatic carbocycles. The molecule has 0 aliphatic carbocycles. The highest BCUT2D eigenvalue weighted by atomic mass is 79.9. The Morgan fingerprint density at radius 3 is 2.25 bits per heavy atom. The summed E-state index contributed by atoms with van der Waals surface area (Å²) in [4.78, 5) is 2.02. The van der Waals surface area contributed by atoms with Crippen molar-refractivity contribution in [3.63, 3.8) is 0 Å². The first kappa shape index (κ1) is 17.3. The van der Waals surface area contributed by atoms with Gasteiger partial charge in [-0.25, -0.2) is 0 Å². The molecule has 2 N–H and O–H groups in total. The van der Waals surface area contributed by atoms with E-state index in [-0.39, 0.29) is 5.41 Å². The highest BCUT2D eigenvalue weighted by Gasteiger charge is 2.31. The van der Waals surface area contributed by atoms with E-state index in [0.717, 1.165) is 17.8 Å². The minimum atomic E-state index is -4.32. The highest BCUT2D eigenvalue weighted by Crippen LogP contribution is 2.36. The Bertz CT molecular complexity index is 458. The van der Waals surface area contributed by atoms with Crippen LogP contribution in [0.4, 0.5) is 18.9 Å². The number of hydrogen-bond donors (Lipinski definition) is 1. The molecule has 0 radical (unpaired) electrons. The summed E-state index contributed by atoms with van der Waals surface area (Å²) in [6, 6.07) is 3.73. The first-order chi connectivity index (χ1) is 9.10. The van der Waals surface area contributed by atoms with Crippen molar-refractivity contribution in [2.45, 2.75) is 26.9 Å². The maximum Gasteiger partial charge on any atom is 0.416 e. The van der Waals surface area contributed by atoms with Crippen molar-refractivity contribution in [3.05, 3.63) is 28.2 Å². The first-order valence-electron chi connectivity index (χ1n) is 6.42. The third-order valence-corrected chi connectivity index (χ3v) is 3.80. The molecule has 6 heteroatoms. The monoisotopic (exact) mass is 352 g/mol. The molecule has 0 atom stereocenters. The van der Waals surface area contributed by atoms with E-state index < -0.39 is 11.7 Å². The third kappa shape index (κ3) is 4.38. The van der Waals surface area contributed by atoms with E-state index in [1.165, 1.54) is 6.07 Å². The number of nitrogens with two attached hydrogens (primary N) is 1. The standard InChI is InChI=1S/C14H20BrF3N2/c1-4-20(9-13(2,3)8-19)12-6-5-10(7-11(12)15)14(16,17)18/h5-7H,4,8-9,19H2,1-3H3. The number of nitrogens with zero attached hydrogens (tertiary/aromatic N) is 1. The molecule has 0 saturated carbocycles. The number of benzene rings is 1. The van der Waals surface area contributed by atoms with Crippen LogP contribution in [0.2, 0.25) is 0 Å². The predicted octanol–water partition coefficient (Wildman–Crippen LogP) is 4.28. The molecule has 0 unspecified atom stereocenters. The van der Waals surface area contributed by atoms with Crippen LogP contribution in [0, 0.1) is 5.41 Å². The lowest BCUT2D eigenvalue weighted by molar-refractivity contribution is -0.137. The lowest BCUT2D eigenvalue weighted by Gasteiger charge is -2.33. The summed E-state index contributed by atoms with van der Waals surface area (Å²) in [6.07, 6.45) is -4.32. The van der Waals surface area contributed by atoms with Gasteiger partial charge in [0.25, 0.3) is 0 Å². The molecular formula is C14H20BrF3N2. The zero-order valence-corrected chi connectivity index (χ0v) is 13.5. The molecule has 114 valence electrons. The summed E-state index contributed by atoms with van der Waals surface area (Å²) in [5.41, 5.74) is 5.72. The first-order valence-corrected chi connectivity index (χ1v) is 7.22. The van der Waals surface area contributed by atoms with Gasteiger partial charge in [-0.15, -0.1) is 0 Å². The van der Waals surface area contributed by atoms with Gasteiger partial charge in [-0.1, -0.05) is 13.8 Å². The molecule has 2 nitrogen and oxygen atoms in total. The zero-order valence-electron chi connectivity index (χ0n) is 11.9. The van der Waals surface area contributed by atoms with Gasteiger partial charge in [-0.2, -0.15) is 13.2 Å². The second kappa shape index (κ2) is 6.35. The van der Waals surface area contributed by atoms with Gasteiger partial charge in [0.2, 0.25) is 0 Å². The lowest BCUT2D eigenvalue weighted by atomic mass is 9.93. The van der Waals surface area contributed by atoms with Crippen LogP contribution in [0.15, 0.2) is 22.7 Å². The molecule has 1 aromatic rings. The van der Waals surface area contributed by atoms with E-state index >= 15 is 0 Å². The van der Waals surface area contributed by atoms with Crippen molar-refractivity contribution in [2.24, 2.45) is 11.1 Å². The summed E-state index contributed by atoms with van der Waals surface area (Å²) >= 11 is 3.24. The van der Waals surface area contributed by atoms with Gasteiger partial charge >= 0.3 is 6.18 Å². The van der Waals surface area contributed by atoms with Crippen molar-refractivity contribution in [1.29, 1.82) is 0 Å². The average Bonchev–Trinajstić information content (AvgIpc) is 2.35. The maximum absolute atomic E-state index is 12.7. The van der Waals surface area contributed by atoms with Crippen LogP contribution in [0.5, 0.6) is 0 Å². The Balaban J connectivity index is 3.06. The van der Waals surface area contributed by atoms with E-state index in [4.69, 9.17) is 5.73 Å². The zero-order chi connectivity index (χ0) is 15.6. The molecule has 20 heavy (non-hydrogen) atoms. The van der Waals surface area contributed by atoms with E-state index in [2.05, 4.69) is 15.9 Å². The molecular weight excluding hydrogens is 333 g/mol. The van der Waals surface area contributed by atoms with E-state index in [1.54, 1.807) is 0 Å². The highest BCUT2D eigenvalue weighted by molar-refractivity contribution is 9.10. The van der Waals surface area contributed by atoms with E-state index in [0.29, 0.717) is 24.1 Å². The molecule has 0 bridgehead atoms. The van der Waals surface area contributed by atoms with Crippen LogP contribution in [0.3, 0.4) is 0 Å². The second-order valence-corrected chi connectivity index (χ2v) is 6.40. The molecule has 0 amide bonds. The topological polar surface area (TPSA) is 29.3 Å². The van der Waals surface area contributed by atoms with Crippen molar-refractivity contribution in [2.75, 3.05) is 24.5 Å². The smallest absolute Gasteiger partial charge is 0.370 e.